The molecule has 0 aromatic heterocycles. The number of hydrogen-bond acceptors (Lipinski definition) is 3. The molecule has 0 aliphatic heterocycles. The Bertz CT molecular complexity index is 461. The van der Waals surface area contributed by atoms with Crippen LogP contribution in [-0.4, -0.2) is 19.1 Å². The van der Waals surface area contributed by atoms with Gasteiger partial charge in [0.05, 0.1) is 18.7 Å². The number of para-hydroxylation sites is 1. The molecule has 1 aliphatic carbocycles. The summed E-state index contributed by atoms with van der Waals surface area (Å²) in [5.41, 5.74) is 0.468. The Balaban J connectivity index is 2.11. The van der Waals surface area contributed by atoms with E-state index in [0.717, 1.165) is 12.8 Å². The predicted octanol–water partition coefficient (Wildman–Crippen LogP) is 1.73. The quantitative estimate of drug-likeness (QED) is 0.856. The van der Waals surface area contributed by atoms with Crippen LogP contribution in [0.4, 0.5) is 0 Å². The minimum atomic E-state index is -0.382. The van der Waals surface area contributed by atoms with E-state index < -0.39 is 0 Å². The Kier molecular flexibility index (Phi) is 3.29. The Morgan fingerprint density at radius 1 is 1.53 bits per heavy atom. The number of rotatable bonds is 4. The third-order valence-electron chi connectivity index (χ3n) is 2.87. The number of nitriles is 1. The van der Waals surface area contributed by atoms with Gasteiger partial charge in [-0.25, -0.2) is 0 Å². The van der Waals surface area contributed by atoms with Gasteiger partial charge < -0.3 is 10.1 Å². The Labute approximate surface area is 100 Å². The van der Waals surface area contributed by atoms with E-state index in [-0.39, 0.29) is 11.9 Å². The van der Waals surface area contributed by atoms with Crippen LogP contribution in [0.2, 0.25) is 0 Å². The van der Waals surface area contributed by atoms with E-state index in [2.05, 4.69) is 11.4 Å². The van der Waals surface area contributed by atoms with Gasteiger partial charge in [0.2, 0.25) is 0 Å². The lowest BCUT2D eigenvalue weighted by molar-refractivity contribution is 0.0939. The van der Waals surface area contributed by atoms with Gasteiger partial charge in [0.15, 0.2) is 0 Å². The molecule has 0 heterocycles. The molecule has 1 saturated carbocycles. The summed E-state index contributed by atoms with van der Waals surface area (Å²) in [6, 6.07) is 8.74. The van der Waals surface area contributed by atoms with Crippen LogP contribution < -0.4 is 10.1 Å². The number of hydrogen-bond donors (Lipinski definition) is 1. The maximum atomic E-state index is 12.0. The summed E-state index contributed by atoms with van der Waals surface area (Å²) in [7, 11) is 1.52. The van der Waals surface area contributed by atoms with Crippen molar-refractivity contribution in [3.8, 4) is 11.8 Å². The number of benzene rings is 1. The van der Waals surface area contributed by atoms with Crippen molar-refractivity contribution in [2.24, 2.45) is 5.92 Å². The van der Waals surface area contributed by atoms with Crippen molar-refractivity contribution in [3.63, 3.8) is 0 Å². The molecule has 1 atom stereocenters. The molecule has 0 bridgehead atoms. The van der Waals surface area contributed by atoms with Crippen LogP contribution in [0, 0.1) is 17.2 Å². The van der Waals surface area contributed by atoms with Crippen LogP contribution in [0.5, 0.6) is 5.75 Å². The fourth-order valence-corrected chi connectivity index (χ4v) is 1.74. The van der Waals surface area contributed by atoms with Crippen LogP contribution in [-0.2, 0) is 0 Å². The molecule has 1 fully saturated rings. The second-order valence-corrected chi connectivity index (χ2v) is 4.12. The van der Waals surface area contributed by atoms with Crippen molar-refractivity contribution in [3.05, 3.63) is 29.8 Å². The van der Waals surface area contributed by atoms with Gasteiger partial charge in [0.25, 0.3) is 5.91 Å². The summed E-state index contributed by atoms with van der Waals surface area (Å²) < 4.78 is 5.11. The second-order valence-electron chi connectivity index (χ2n) is 4.12. The molecule has 17 heavy (non-hydrogen) atoms. The lowest BCUT2D eigenvalue weighted by Gasteiger charge is -2.12. The van der Waals surface area contributed by atoms with Gasteiger partial charge in [0.1, 0.15) is 11.8 Å². The summed E-state index contributed by atoms with van der Waals surface area (Å²) in [4.78, 5) is 12.0. The average Bonchev–Trinajstić information content (AvgIpc) is 3.19. The molecule has 1 aromatic rings. The van der Waals surface area contributed by atoms with Gasteiger partial charge in [0, 0.05) is 0 Å². The first-order valence-electron chi connectivity index (χ1n) is 5.59. The van der Waals surface area contributed by atoms with Gasteiger partial charge in [-0.15, -0.1) is 0 Å². The average molecular weight is 230 g/mol. The molecule has 1 aliphatic rings. The molecule has 88 valence electrons. The Hall–Kier alpha value is -2.02. The fraction of sp³-hybridized carbons (Fsp3) is 0.385. The molecule has 4 heteroatoms. The highest BCUT2D eigenvalue weighted by Crippen LogP contribution is 2.32. The summed E-state index contributed by atoms with van der Waals surface area (Å²) in [5, 5.41) is 11.7. The van der Waals surface area contributed by atoms with Crippen molar-refractivity contribution in [2.45, 2.75) is 18.9 Å². The van der Waals surface area contributed by atoms with Crippen molar-refractivity contribution in [1.29, 1.82) is 5.26 Å². The van der Waals surface area contributed by atoms with E-state index in [0.29, 0.717) is 17.2 Å². The van der Waals surface area contributed by atoms with E-state index in [1.807, 2.05) is 0 Å². The topological polar surface area (TPSA) is 62.1 Å². The van der Waals surface area contributed by atoms with E-state index in [4.69, 9.17) is 10.00 Å². The highest BCUT2D eigenvalue weighted by atomic mass is 16.5. The van der Waals surface area contributed by atoms with Crippen molar-refractivity contribution in [1.82, 2.24) is 5.32 Å². The summed E-state index contributed by atoms with van der Waals surface area (Å²) in [6.07, 6.45) is 2.04. The van der Waals surface area contributed by atoms with Gasteiger partial charge in [-0.2, -0.15) is 5.26 Å². The third kappa shape index (κ3) is 2.56. The van der Waals surface area contributed by atoms with Crippen LogP contribution in [0.3, 0.4) is 0 Å². The van der Waals surface area contributed by atoms with Gasteiger partial charge in [-0.1, -0.05) is 12.1 Å². The van der Waals surface area contributed by atoms with E-state index >= 15 is 0 Å². The molecule has 1 amide bonds. The highest BCUT2D eigenvalue weighted by molar-refractivity contribution is 5.97. The number of nitrogens with zero attached hydrogens (tertiary/aromatic N) is 1. The minimum absolute atomic E-state index is 0.249. The smallest absolute Gasteiger partial charge is 0.256 e. The number of ether oxygens (including phenoxy) is 1. The lowest BCUT2D eigenvalue weighted by atomic mass is 10.1. The van der Waals surface area contributed by atoms with Crippen molar-refractivity contribution in [2.75, 3.05) is 7.11 Å². The normalized spacial score (nSPS) is 15.8. The minimum Gasteiger partial charge on any atom is -0.496 e. The molecule has 0 saturated heterocycles. The van der Waals surface area contributed by atoms with Crippen LogP contribution in [0.1, 0.15) is 23.2 Å². The molecule has 4 nitrogen and oxygen atoms in total. The van der Waals surface area contributed by atoms with E-state index in [1.165, 1.54) is 7.11 Å². The maximum absolute atomic E-state index is 12.0. The third-order valence-corrected chi connectivity index (χ3v) is 2.87. The lowest BCUT2D eigenvalue weighted by Crippen LogP contribution is -2.35. The van der Waals surface area contributed by atoms with E-state index in [9.17, 15) is 4.79 Å². The molecule has 1 aromatic carbocycles. The monoisotopic (exact) mass is 230 g/mol. The van der Waals surface area contributed by atoms with Gasteiger partial charge >= 0.3 is 0 Å². The number of methoxy groups -OCH3 is 1. The predicted molar refractivity (Wildman–Crippen MR) is 62.6 cm³/mol. The van der Waals surface area contributed by atoms with Gasteiger partial charge in [-0.05, 0) is 30.9 Å². The zero-order chi connectivity index (χ0) is 12.3. The number of carbonyl (C=O) groups is 1. The first-order chi connectivity index (χ1) is 8.26. The Morgan fingerprint density at radius 2 is 2.24 bits per heavy atom. The summed E-state index contributed by atoms with van der Waals surface area (Å²) >= 11 is 0. The fourth-order valence-electron chi connectivity index (χ4n) is 1.74. The molecule has 2 rings (SSSR count). The SMILES string of the molecule is COc1ccccc1C(=O)NC(C#N)C1CC1. The first-order valence-corrected chi connectivity index (χ1v) is 5.59. The molecule has 0 radical (unpaired) electrons. The largest absolute Gasteiger partial charge is 0.496 e. The van der Waals surface area contributed by atoms with Crippen LogP contribution in [0.25, 0.3) is 0 Å². The molecule has 1 N–H and O–H groups in total. The zero-order valence-corrected chi connectivity index (χ0v) is 9.64. The maximum Gasteiger partial charge on any atom is 0.256 e. The zero-order valence-electron chi connectivity index (χ0n) is 9.64. The second kappa shape index (κ2) is 4.88. The molecule has 0 spiro atoms. The van der Waals surface area contributed by atoms with Gasteiger partial charge in [-0.3, -0.25) is 4.79 Å². The summed E-state index contributed by atoms with van der Waals surface area (Å²) in [6.45, 7) is 0. The number of nitrogens with one attached hydrogen (secondary N) is 1. The summed E-state index contributed by atoms with van der Waals surface area (Å²) in [5.74, 6) is 0.594. The molecular formula is C13H14N2O2. The van der Waals surface area contributed by atoms with Crippen LogP contribution in [0.15, 0.2) is 24.3 Å². The number of carbonyl (C=O) groups excluding carboxylic acids is 1. The van der Waals surface area contributed by atoms with Crippen LogP contribution >= 0.6 is 0 Å². The van der Waals surface area contributed by atoms with Crippen molar-refractivity contribution < 1.29 is 9.53 Å². The Morgan fingerprint density at radius 3 is 2.82 bits per heavy atom. The number of amides is 1. The molecular weight excluding hydrogens is 216 g/mol. The van der Waals surface area contributed by atoms with Crippen molar-refractivity contribution >= 4 is 5.91 Å². The first kappa shape index (κ1) is 11.5. The highest BCUT2D eigenvalue weighted by Gasteiger charge is 2.32. The standard InChI is InChI=1S/C13H14N2O2/c1-17-12-5-3-2-4-10(12)13(16)15-11(8-14)9-6-7-9/h2-5,9,11H,6-7H2,1H3,(H,15,16). The van der Waals surface area contributed by atoms with E-state index in [1.54, 1.807) is 24.3 Å². The molecule has 1 unspecified atom stereocenters.